The third kappa shape index (κ3) is 4.03. The van der Waals surface area contributed by atoms with Crippen molar-refractivity contribution < 1.29 is 18.3 Å². The van der Waals surface area contributed by atoms with Gasteiger partial charge in [-0.15, -0.1) is 0 Å². The molecular weight excluding hydrogens is 290 g/mol. The molecule has 2 rings (SSSR count). The molecule has 1 aromatic rings. The fourth-order valence-corrected chi connectivity index (χ4v) is 3.97. The second-order valence-electron chi connectivity index (χ2n) is 5.59. The highest BCUT2D eigenvalue weighted by Crippen LogP contribution is 2.22. The molecule has 1 saturated carbocycles. The van der Waals surface area contributed by atoms with Gasteiger partial charge in [-0.1, -0.05) is 30.5 Å². The summed E-state index contributed by atoms with van der Waals surface area (Å²) in [5.41, 5.74) is 1.00. The Hall–Kier alpha value is -0.950. The lowest BCUT2D eigenvalue weighted by Crippen LogP contribution is -2.47. The van der Waals surface area contributed by atoms with Crippen molar-refractivity contribution in [1.82, 2.24) is 4.72 Å². The van der Waals surface area contributed by atoms with E-state index in [-0.39, 0.29) is 11.0 Å². The predicted octanol–water partition coefficient (Wildman–Crippen LogP) is 1.59. The first-order valence-corrected chi connectivity index (χ1v) is 8.72. The number of aliphatic hydroxyl groups is 1. The van der Waals surface area contributed by atoms with Crippen LogP contribution in [0.3, 0.4) is 0 Å². The number of sulfonamides is 1. The normalized spacial score (nSPS) is 27.3. The largest absolute Gasteiger partial charge is 0.389 e. The molecule has 0 saturated heterocycles. The van der Waals surface area contributed by atoms with Crippen LogP contribution >= 0.6 is 0 Å². The monoisotopic (exact) mass is 313 g/mol. The van der Waals surface area contributed by atoms with Gasteiger partial charge in [0.15, 0.2) is 0 Å². The Morgan fingerprint density at radius 2 is 1.81 bits per heavy atom. The SMILES string of the molecule is CO[C@@H]1CCCC[C@@H](NS(=O)(=O)c2ccc(C)cc2)[C@H]1O. The number of nitrogens with one attached hydrogen (secondary N) is 1. The number of aliphatic hydroxyl groups excluding tert-OH is 1. The lowest BCUT2D eigenvalue weighted by Gasteiger charge is -2.26. The van der Waals surface area contributed by atoms with Gasteiger partial charge in [-0.05, 0) is 31.9 Å². The molecule has 5 nitrogen and oxygen atoms in total. The summed E-state index contributed by atoms with van der Waals surface area (Å²) < 4.78 is 32.7. The van der Waals surface area contributed by atoms with Crippen molar-refractivity contribution >= 4 is 10.0 Å². The van der Waals surface area contributed by atoms with Crippen molar-refractivity contribution in [2.75, 3.05) is 7.11 Å². The van der Waals surface area contributed by atoms with Gasteiger partial charge in [0, 0.05) is 7.11 Å². The van der Waals surface area contributed by atoms with Gasteiger partial charge in [0.2, 0.25) is 10.0 Å². The average molecular weight is 313 g/mol. The molecular formula is C15H23NO4S. The zero-order valence-electron chi connectivity index (χ0n) is 12.5. The summed E-state index contributed by atoms with van der Waals surface area (Å²) in [6, 6.07) is 6.17. The molecule has 2 N–H and O–H groups in total. The first-order valence-electron chi connectivity index (χ1n) is 7.24. The molecule has 21 heavy (non-hydrogen) atoms. The number of hydrogen-bond donors (Lipinski definition) is 2. The van der Waals surface area contributed by atoms with E-state index in [1.54, 1.807) is 31.4 Å². The summed E-state index contributed by atoms with van der Waals surface area (Å²) in [6.07, 6.45) is 2.03. The van der Waals surface area contributed by atoms with Crippen LogP contribution in [0.2, 0.25) is 0 Å². The highest BCUT2D eigenvalue weighted by molar-refractivity contribution is 7.89. The Morgan fingerprint density at radius 3 is 2.43 bits per heavy atom. The number of aryl methyl sites for hydroxylation is 1. The van der Waals surface area contributed by atoms with Crippen molar-refractivity contribution in [1.29, 1.82) is 0 Å². The molecule has 1 fully saturated rings. The Morgan fingerprint density at radius 1 is 1.19 bits per heavy atom. The smallest absolute Gasteiger partial charge is 0.240 e. The summed E-state index contributed by atoms with van der Waals surface area (Å²) >= 11 is 0. The van der Waals surface area contributed by atoms with Crippen molar-refractivity contribution in [3.8, 4) is 0 Å². The molecule has 118 valence electrons. The first kappa shape index (κ1) is 16.4. The molecule has 0 aromatic heterocycles. The van der Waals surface area contributed by atoms with E-state index >= 15 is 0 Å². The lowest BCUT2D eigenvalue weighted by molar-refractivity contribution is -0.0252. The van der Waals surface area contributed by atoms with Gasteiger partial charge >= 0.3 is 0 Å². The molecule has 1 aromatic carbocycles. The van der Waals surface area contributed by atoms with Crippen LogP contribution in [0.5, 0.6) is 0 Å². The van der Waals surface area contributed by atoms with Crippen molar-refractivity contribution in [2.24, 2.45) is 0 Å². The van der Waals surface area contributed by atoms with E-state index in [0.29, 0.717) is 6.42 Å². The van der Waals surface area contributed by atoms with E-state index < -0.39 is 22.2 Å². The minimum atomic E-state index is -3.62. The van der Waals surface area contributed by atoms with Gasteiger partial charge in [0.05, 0.1) is 23.1 Å². The van der Waals surface area contributed by atoms with Crippen molar-refractivity contribution in [3.05, 3.63) is 29.8 Å². The van der Waals surface area contributed by atoms with Crippen molar-refractivity contribution in [2.45, 2.75) is 55.8 Å². The third-order valence-electron chi connectivity index (χ3n) is 3.99. The predicted molar refractivity (Wildman–Crippen MR) is 80.6 cm³/mol. The number of hydrogen-bond acceptors (Lipinski definition) is 4. The summed E-state index contributed by atoms with van der Waals surface area (Å²) in [5, 5.41) is 10.3. The molecule has 0 bridgehead atoms. The number of benzene rings is 1. The quantitative estimate of drug-likeness (QED) is 0.828. The minimum absolute atomic E-state index is 0.221. The third-order valence-corrected chi connectivity index (χ3v) is 5.49. The topological polar surface area (TPSA) is 75.6 Å². The zero-order chi connectivity index (χ0) is 15.5. The maximum Gasteiger partial charge on any atom is 0.240 e. The van der Waals surface area contributed by atoms with Gasteiger partial charge in [0.1, 0.15) is 0 Å². The van der Waals surface area contributed by atoms with Gasteiger partial charge in [-0.3, -0.25) is 0 Å². The average Bonchev–Trinajstić information content (AvgIpc) is 2.61. The van der Waals surface area contributed by atoms with Crippen LogP contribution in [0, 0.1) is 6.92 Å². The van der Waals surface area contributed by atoms with Crippen molar-refractivity contribution in [3.63, 3.8) is 0 Å². The van der Waals surface area contributed by atoms with E-state index in [9.17, 15) is 13.5 Å². The number of ether oxygens (including phenoxy) is 1. The highest BCUT2D eigenvalue weighted by Gasteiger charge is 2.33. The van der Waals surface area contributed by atoms with Crippen LogP contribution in [0.15, 0.2) is 29.2 Å². The number of methoxy groups -OCH3 is 1. The molecule has 0 aliphatic heterocycles. The fourth-order valence-electron chi connectivity index (χ4n) is 2.68. The first-order chi connectivity index (χ1) is 9.94. The maximum absolute atomic E-state index is 12.4. The summed E-state index contributed by atoms with van der Waals surface area (Å²) in [4.78, 5) is 0.221. The van der Waals surface area contributed by atoms with Crippen LogP contribution in [0.4, 0.5) is 0 Å². The van der Waals surface area contributed by atoms with E-state index in [2.05, 4.69) is 4.72 Å². The van der Waals surface area contributed by atoms with Gasteiger partial charge in [0.25, 0.3) is 0 Å². The highest BCUT2D eigenvalue weighted by atomic mass is 32.2. The van der Waals surface area contributed by atoms with Crippen LogP contribution < -0.4 is 4.72 Å². The molecule has 0 unspecified atom stereocenters. The van der Waals surface area contributed by atoms with E-state index in [1.807, 2.05) is 6.92 Å². The van der Waals surface area contributed by atoms with E-state index in [1.165, 1.54) is 0 Å². The summed E-state index contributed by atoms with van der Waals surface area (Å²) in [6.45, 7) is 1.90. The standard InChI is InChI=1S/C15H23NO4S/c1-11-7-9-12(10-8-11)21(18,19)16-13-5-3-4-6-14(20-2)15(13)17/h7-10,13-17H,3-6H2,1-2H3/t13-,14-,15-/m1/s1. The molecule has 0 radical (unpaired) electrons. The van der Waals surface area contributed by atoms with Crippen LogP contribution in [0.1, 0.15) is 31.2 Å². The van der Waals surface area contributed by atoms with Gasteiger partial charge in [-0.25, -0.2) is 13.1 Å². The molecule has 3 atom stereocenters. The Labute approximate surface area is 126 Å². The molecule has 6 heteroatoms. The zero-order valence-corrected chi connectivity index (χ0v) is 13.3. The molecule has 1 aliphatic carbocycles. The molecule has 0 spiro atoms. The molecule has 1 aliphatic rings. The Balaban J connectivity index is 2.16. The Bertz CT molecular complexity index is 556. The van der Waals surface area contributed by atoms with Gasteiger partial charge < -0.3 is 9.84 Å². The second-order valence-corrected chi connectivity index (χ2v) is 7.30. The summed E-state index contributed by atoms with van der Waals surface area (Å²) in [5.74, 6) is 0. The van der Waals surface area contributed by atoms with E-state index in [0.717, 1.165) is 24.8 Å². The fraction of sp³-hybridized carbons (Fsp3) is 0.600. The van der Waals surface area contributed by atoms with Crippen LogP contribution in [-0.2, 0) is 14.8 Å². The second kappa shape index (κ2) is 6.87. The van der Waals surface area contributed by atoms with E-state index in [4.69, 9.17) is 4.74 Å². The lowest BCUT2D eigenvalue weighted by atomic mass is 10.1. The minimum Gasteiger partial charge on any atom is -0.389 e. The Kier molecular flexibility index (Phi) is 5.37. The maximum atomic E-state index is 12.4. The number of rotatable bonds is 4. The van der Waals surface area contributed by atoms with Gasteiger partial charge in [-0.2, -0.15) is 0 Å². The van der Waals surface area contributed by atoms with Crippen LogP contribution in [0.25, 0.3) is 0 Å². The molecule has 0 amide bonds. The molecule has 0 heterocycles. The van der Waals surface area contributed by atoms with Crippen LogP contribution in [-0.4, -0.2) is 38.9 Å². The summed E-state index contributed by atoms with van der Waals surface area (Å²) in [7, 11) is -2.08.